The second-order valence-electron chi connectivity index (χ2n) is 6.31. The lowest BCUT2D eigenvalue weighted by atomic mass is 10.2. The molecule has 5 nitrogen and oxygen atoms in total. The number of hydrogen-bond acceptors (Lipinski definition) is 5. The van der Waals surface area contributed by atoms with Crippen LogP contribution in [0, 0.1) is 13.8 Å². The predicted molar refractivity (Wildman–Crippen MR) is 107 cm³/mol. The summed E-state index contributed by atoms with van der Waals surface area (Å²) < 4.78 is 0. The lowest BCUT2D eigenvalue weighted by Crippen LogP contribution is -2.23. The highest BCUT2D eigenvalue weighted by Gasteiger charge is 2.09. The van der Waals surface area contributed by atoms with E-state index < -0.39 is 0 Å². The molecule has 134 valence electrons. The summed E-state index contributed by atoms with van der Waals surface area (Å²) in [4.78, 5) is 15.3. The van der Waals surface area contributed by atoms with Crippen LogP contribution in [0.5, 0.6) is 0 Å². The second kappa shape index (κ2) is 8.15. The summed E-state index contributed by atoms with van der Waals surface area (Å²) in [5.41, 5.74) is 4.22. The van der Waals surface area contributed by atoms with Crippen LogP contribution in [0.4, 0.5) is 17.5 Å². The third-order valence-corrected chi connectivity index (χ3v) is 4.36. The Kier molecular flexibility index (Phi) is 5.68. The molecule has 0 atom stereocenters. The molecule has 0 radical (unpaired) electrons. The second-order valence-corrected chi connectivity index (χ2v) is 6.74. The van der Waals surface area contributed by atoms with Crippen molar-refractivity contribution >= 4 is 29.1 Å². The maximum atomic E-state index is 6.03. The summed E-state index contributed by atoms with van der Waals surface area (Å²) in [7, 11) is 2.01. The van der Waals surface area contributed by atoms with Crippen LogP contribution < -0.4 is 10.2 Å². The van der Waals surface area contributed by atoms with Gasteiger partial charge in [-0.3, -0.25) is 4.98 Å². The average molecular weight is 368 g/mol. The predicted octanol–water partition coefficient (Wildman–Crippen LogP) is 4.56. The average Bonchev–Trinajstić information content (AvgIpc) is 2.62. The summed E-state index contributed by atoms with van der Waals surface area (Å²) >= 11 is 6.03. The molecule has 0 unspecified atom stereocenters. The minimum Gasteiger partial charge on any atom is -0.343 e. The van der Waals surface area contributed by atoms with Crippen LogP contribution in [-0.4, -0.2) is 28.5 Å². The number of aromatic nitrogens is 3. The molecular weight excluding hydrogens is 346 g/mol. The summed E-state index contributed by atoms with van der Waals surface area (Å²) in [5, 5.41) is 4.09. The Morgan fingerprint density at radius 3 is 2.54 bits per heavy atom. The first-order valence-electron chi connectivity index (χ1n) is 8.50. The Balaban J connectivity index is 1.74. The van der Waals surface area contributed by atoms with Gasteiger partial charge in [0.2, 0.25) is 5.95 Å². The van der Waals surface area contributed by atoms with Crippen molar-refractivity contribution < 1.29 is 0 Å². The van der Waals surface area contributed by atoms with Crippen molar-refractivity contribution in [3.05, 3.63) is 70.6 Å². The fourth-order valence-corrected chi connectivity index (χ4v) is 2.87. The van der Waals surface area contributed by atoms with E-state index in [0.29, 0.717) is 5.95 Å². The summed E-state index contributed by atoms with van der Waals surface area (Å²) in [5.74, 6) is 1.47. The number of likely N-dealkylation sites (N-methyl/N-ethyl adjacent to an activating group) is 1. The third-order valence-electron chi connectivity index (χ3n) is 4.12. The lowest BCUT2D eigenvalue weighted by molar-refractivity contribution is 0.833. The molecule has 26 heavy (non-hydrogen) atoms. The number of nitrogens with zero attached hydrogens (tertiary/aromatic N) is 4. The molecule has 2 heterocycles. The molecule has 0 bridgehead atoms. The number of halogens is 1. The van der Waals surface area contributed by atoms with E-state index in [9.17, 15) is 0 Å². The SMILES string of the molecule is Cc1cc(Nc2ccc(Cl)cc2C)nc(N(C)CCc2ccncc2)n1. The fraction of sp³-hybridized carbons (Fsp3) is 0.250. The van der Waals surface area contributed by atoms with E-state index in [0.717, 1.165) is 40.8 Å². The number of benzene rings is 1. The van der Waals surface area contributed by atoms with Gasteiger partial charge >= 0.3 is 0 Å². The van der Waals surface area contributed by atoms with Crippen LogP contribution in [0.15, 0.2) is 48.8 Å². The van der Waals surface area contributed by atoms with E-state index >= 15 is 0 Å². The molecule has 6 heteroatoms. The minimum absolute atomic E-state index is 0.702. The largest absolute Gasteiger partial charge is 0.343 e. The molecule has 0 spiro atoms. The first-order valence-corrected chi connectivity index (χ1v) is 8.88. The van der Waals surface area contributed by atoms with Crippen molar-refractivity contribution in [3.63, 3.8) is 0 Å². The Morgan fingerprint density at radius 1 is 1.04 bits per heavy atom. The maximum Gasteiger partial charge on any atom is 0.227 e. The standard InChI is InChI=1S/C20H22ClN5/c1-14-12-17(21)4-5-18(14)24-19-13-15(2)23-20(25-19)26(3)11-8-16-6-9-22-10-7-16/h4-7,9-10,12-13H,8,11H2,1-3H3,(H,23,24,25). The molecule has 0 aliphatic rings. The molecule has 0 amide bonds. The highest BCUT2D eigenvalue weighted by atomic mass is 35.5. The van der Waals surface area contributed by atoms with Gasteiger partial charge in [-0.15, -0.1) is 0 Å². The lowest BCUT2D eigenvalue weighted by Gasteiger charge is -2.19. The van der Waals surface area contributed by atoms with Gasteiger partial charge in [-0.25, -0.2) is 4.98 Å². The molecule has 2 aromatic heterocycles. The fourth-order valence-electron chi connectivity index (χ4n) is 2.64. The minimum atomic E-state index is 0.702. The van der Waals surface area contributed by atoms with E-state index in [4.69, 9.17) is 11.6 Å². The molecule has 0 saturated heterocycles. The number of aryl methyl sites for hydroxylation is 2. The van der Waals surface area contributed by atoms with Gasteiger partial charge in [0.15, 0.2) is 0 Å². The van der Waals surface area contributed by atoms with Gasteiger partial charge in [0.1, 0.15) is 5.82 Å². The van der Waals surface area contributed by atoms with Crippen molar-refractivity contribution in [2.45, 2.75) is 20.3 Å². The maximum absolute atomic E-state index is 6.03. The van der Waals surface area contributed by atoms with Gasteiger partial charge in [-0.1, -0.05) is 11.6 Å². The Labute approximate surface area is 159 Å². The molecule has 0 fully saturated rings. The normalized spacial score (nSPS) is 10.6. The monoisotopic (exact) mass is 367 g/mol. The quantitative estimate of drug-likeness (QED) is 0.691. The zero-order valence-corrected chi connectivity index (χ0v) is 16.0. The molecule has 0 aliphatic heterocycles. The molecule has 1 N–H and O–H groups in total. The van der Waals surface area contributed by atoms with E-state index in [2.05, 4.69) is 25.2 Å². The van der Waals surface area contributed by atoms with Crippen LogP contribution in [0.3, 0.4) is 0 Å². The highest BCUT2D eigenvalue weighted by molar-refractivity contribution is 6.30. The molecule has 0 saturated carbocycles. The molecule has 1 aromatic carbocycles. The van der Waals surface area contributed by atoms with Gasteiger partial charge in [-0.05, 0) is 61.7 Å². The Hall–Kier alpha value is -2.66. The summed E-state index contributed by atoms with van der Waals surface area (Å²) in [6, 6.07) is 11.8. The number of nitrogens with one attached hydrogen (secondary N) is 1. The van der Waals surface area contributed by atoms with Crippen LogP contribution in [0.1, 0.15) is 16.8 Å². The molecular formula is C20H22ClN5. The van der Waals surface area contributed by atoms with E-state index in [1.807, 2.05) is 69.7 Å². The van der Waals surface area contributed by atoms with Crippen molar-refractivity contribution in [1.82, 2.24) is 15.0 Å². The Morgan fingerprint density at radius 2 is 1.81 bits per heavy atom. The van der Waals surface area contributed by atoms with Crippen molar-refractivity contribution in [1.29, 1.82) is 0 Å². The van der Waals surface area contributed by atoms with E-state index in [1.165, 1.54) is 5.56 Å². The number of anilines is 3. The van der Waals surface area contributed by atoms with Gasteiger partial charge in [0, 0.05) is 48.5 Å². The van der Waals surface area contributed by atoms with E-state index in [-0.39, 0.29) is 0 Å². The first-order chi connectivity index (χ1) is 12.5. The van der Waals surface area contributed by atoms with E-state index in [1.54, 1.807) is 0 Å². The molecule has 3 aromatic rings. The van der Waals surface area contributed by atoms with Gasteiger partial charge < -0.3 is 10.2 Å². The zero-order valence-electron chi connectivity index (χ0n) is 15.2. The van der Waals surface area contributed by atoms with Gasteiger partial charge in [-0.2, -0.15) is 4.98 Å². The highest BCUT2D eigenvalue weighted by Crippen LogP contribution is 2.24. The smallest absolute Gasteiger partial charge is 0.227 e. The number of rotatable bonds is 6. The topological polar surface area (TPSA) is 53.9 Å². The van der Waals surface area contributed by atoms with Crippen LogP contribution in [-0.2, 0) is 6.42 Å². The number of hydrogen-bond donors (Lipinski definition) is 1. The van der Waals surface area contributed by atoms with Crippen molar-refractivity contribution in [2.24, 2.45) is 0 Å². The van der Waals surface area contributed by atoms with Crippen LogP contribution in [0.2, 0.25) is 5.02 Å². The molecule has 0 aliphatic carbocycles. The van der Waals surface area contributed by atoms with Crippen LogP contribution >= 0.6 is 11.6 Å². The number of pyridine rings is 1. The Bertz CT molecular complexity index is 883. The van der Waals surface area contributed by atoms with Crippen LogP contribution in [0.25, 0.3) is 0 Å². The van der Waals surface area contributed by atoms with Crippen molar-refractivity contribution in [2.75, 3.05) is 23.8 Å². The van der Waals surface area contributed by atoms with Gasteiger partial charge in [0.05, 0.1) is 0 Å². The summed E-state index contributed by atoms with van der Waals surface area (Å²) in [6.07, 6.45) is 4.54. The summed E-state index contributed by atoms with van der Waals surface area (Å²) in [6.45, 7) is 4.82. The zero-order chi connectivity index (χ0) is 18.5. The third kappa shape index (κ3) is 4.70. The van der Waals surface area contributed by atoms with Gasteiger partial charge in [0.25, 0.3) is 0 Å². The van der Waals surface area contributed by atoms with Crippen molar-refractivity contribution in [3.8, 4) is 0 Å². The first kappa shape index (κ1) is 18.1. The molecule has 3 rings (SSSR count).